The van der Waals surface area contributed by atoms with E-state index in [1.807, 2.05) is 0 Å². The summed E-state index contributed by atoms with van der Waals surface area (Å²) in [6, 6.07) is 1.79. The average Bonchev–Trinajstić information content (AvgIpc) is 2.79. The van der Waals surface area contributed by atoms with Crippen molar-refractivity contribution in [1.82, 2.24) is 15.8 Å². The lowest BCUT2D eigenvalue weighted by Gasteiger charge is -2.23. The molecule has 0 aromatic carbocycles. The number of aromatic nitrogens is 1. The maximum absolute atomic E-state index is 11.8. The van der Waals surface area contributed by atoms with Crippen molar-refractivity contribution in [3.8, 4) is 0 Å². The van der Waals surface area contributed by atoms with Crippen molar-refractivity contribution in [3.63, 3.8) is 0 Å². The van der Waals surface area contributed by atoms with Crippen LogP contribution >= 0.6 is 12.4 Å². The summed E-state index contributed by atoms with van der Waals surface area (Å²) in [4.78, 5) is 11.8. The molecule has 6 nitrogen and oxygen atoms in total. The van der Waals surface area contributed by atoms with Crippen LogP contribution in [0.1, 0.15) is 29.1 Å². The zero-order valence-corrected chi connectivity index (χ0v) is 11.1. The zero-order chi connectivity index (χ0) is 12.1. The number of nitrogens with zero attached hydrogens (tertiary/aromatic N) is 1. The summed E-state index contributed by atoms with van der Waals surface area (Å²) in [5, 5.41) is 9.88. The van der Waals surface area contributed by atoms with Gasteiger partial charge in [0.25, 0.3) is 5.91 Å². The van der Waals surface area contributed by atoms with E-state index in [9.17, 15) is 4.79 Å². The molecule has 1 aliphatic rings. The fourth-order valence-electron chi connectivity index (χ4n) is 1.86. The third kappa shape index (κ3) is 3.97. The smallest absolute Gasteiger partial charge is 0.273 e. The van der Waals surface area contributed by atoms with E-state index in [2.05, 4.69) is 15.8 Å². The van der Waals surface area contributed by atoms with E-state index in [1.54, 1.807) is 13.2 Å². The molecule has 0 saturated carbocycles. The molecule has 2 rings (SSSR count). The summed E-state index contributed by atoms with van der Waals surface area (Å²) in [6.45, 7) is 2.16. The van der Waals surface area contributed by atoms with Gasteiger partial charge in [-0.05, 0) is 19.4 Å². The Bertz CT molecular complexity index is 377. The Balaban J connectivity index is 0.00000162. The lowest BCUT2D eigenvalue weighted by atomic mass is 10.1. The van der Waals surface area contributed by atoms with Gasteiger partial charge in [-0.2, -0.15) is 0 Å². The number of piperidine rings is 1. The maximum atomic E-state index is 11.8. The van der Waals surface area contributed by atoms with Crippen molar-refractivity contribution in [3.05, 3.63) is 17.5 Å². The van der Waals surface area contributed by atoms with Gasteiger partial charge in [0.05, 0.1) is 0 Å². The molecule has 0 bridgehead atoms. The highest BCUT2D eigenvalue weighted by Gasteiger charge is 2.18. The van der Waals surface area contributed by atoms with E-state index in [-0.39, 0.29) is 24.4 Å². The van der Waals surface area contributed by atoms with E-state index >= 15 is 0 Å². The molecule has 0 aliphatic carbocycles. The first-order valence-corrected chi connectivity index (χ1v) is 5.75. The molecule has 1 aromatic heterocycles. The van der Waals surface area contributed by atoms with Crippen LogP contribution in [-0.4, -0.2) is 37.3 Å². The molecule has 0 radical (unpaired) electrons. The summed E-state index contributed by atoms with van der Waals surface area (Å²) in [5.41, 5.74) is 0.308. The molecule has 18 heavy (non-hydrogen) atoms. The Kier molecular flexibility index (Phi) is 6.11. The number of methoxy groups -OCH3 is 1. The standard InChI is InChI=1S/C11H17N3O3.ClH/c1-16-7-9-5-10(14-17-9)11(15)13-8-3-2-4-12-6-8;/h5,8,12H,2-4,6-7H2,1H3,(H,13,15);1H/t8-;/m0./s1. The highest BCUT2D eigenvalue weighted by atomic mass is 35.5. The fourth-order valence-corrected chi connectivity index (χ4v) is 1.86. The van der Waals surface area contributed by atoms with Gasteiger partial charge in [0.2, 0.25) is 0 Å². The summed E-state index contributed by atoms with van der Waals surface area (Å²) in [5.74, 6) is 0.365. The molecule has 0 unspecified atom stereocenters. The largest absolute Gasteiger partial charge is 0.377 e. The number of ether oxygens (including phenoxy) is 1. The van der Waals surface area contributed by atoms with Gasteiger partial charge >= 0.3 is 0 Å². The number of carbonyl (C=O) groups is 1. The van der Waals surface area contributed by atoms with E-state index in [0.29, 0.717) is 18.1 Å². The van der Waals surface area contributed by atoms with Gasteiger partial charge in [-0.1, -0.05) is 5.16 Å². The topological polar surface area (TPSA) is 76.4 Å². The number of amides is 1. The first kappa shape index (κ1) is 14.9. The zero-order valence-electron chi connectivity index (χ0n) is 10.3. The molecular formula is C11H18ClN3O3. The number of carbonyl (C=O) groups excluding carboxylic acids is 1. The molecule has 1 aliphatic heterocycles. The molecule has 7 heteroatoms. The lowest BCUT2D eigenvalue weighted by molar-refractivity contribution is 0.0920. The van der Waals surface area contributed by atoms with Gasteiger partial charge in [-0.3, -0.25) is 4.79 Å². The third-order valence-corrected chi connectivity index (χ3v) is 2.71. The molecule has 1 saturated heterocycles. The van der Waals surface area contributed by atoms with Crippen molar-refractivity contribution in [1.29, 1.82) is 0 Å². The van der Waals surface area contributed by atoms with Crippen LogP contribution < -0.4 is 10.6 Å². The van der Waals surface area contributed by atoms with Crippen LogP contribution in [0, 0.1) is 0 Å². The normalized spacial score (nSPS) is 19.1. The van der Waals surface area contributed by atoms with Gasteiger partial charge < -0.3 is 19.9 Å². The molecule has 0 spiro atoms. The van der Waals surface area contributed by atoms with Crippen LogP contribution in [-0.2, 0) is 11.3 Å². The highest BCUT2D eigenvalue weighted by molar-refractivity contribution is 5.92. The molecule has 1 fully saturated rings. The highest BCUT2D eigenvalue weighted by Crippen LogP contribution is 2.07. The summed E-state index contributed by atoms with van der Waals surface area (Å²) in [7, 11) is 1.57. The van der Waals surface area contributed by atoms with Crippen LogP contribution in [0.15, 0.2) is 10.6 Å². The van der Waals surface area contributed by atoms with Gasteiger partial charge in [-0.25, -0.2) is 0 Å². The summed E-state index contributed by atoms with van der Waals surface area (Å²) >= 11 is 0. The number of hydrogen-bond donors (Lipinski definition) is 2. The summed E-state index contributed by atoms with van der Waals surface area (Å²) in [6.07, 6.45) is 2.08. The second-order valence-electron chi connectivity index (χ2n) is 4.13. The van der Waals surface area contributed by atoms with Crippen LogP contribution in [0.3, 0.4) is 0 Å². The molecule has 2 heterocycles. The molecule has 1 amide bonds. The van der Waals surface area contributed by atoms with E-state index in [1.165, 1.54) is 0 Å². The van der Waals surface area contributed by atoms with Gasteiger partial charge in [0.1, 0.15) is 6.61 Å². The first-order valence-electron chi connectivity index (χ1n) is 5.75. The van der Waals surface area contributed by atoms with Crippen molar-refractivity contribution in [2.75, 3.05) is 20.2 Å². The number of nitrogens with one attached hydrogen (secondary N) is 2. The Hall–Kier alpha value is -1.11. The monoisotopic (exact) mass is 275 g/mol. The molecule has 1 aromatic rings. The van der Waals surface area contributed by atoms with Crippen LogP contribution in [0.25, 0.3) is 0 Å². The molecule has 2 N–H and O–H groups in total. The van der Waals surface area contributed by atoms with Gasteiger partial charge in [0.15, 0.2) is 11.5 Å². The minimum absolute atomic E-state index is 0. The minimum atomic E-state index is -0.190. The van der Waals surface area contributed by atoms with Crippen LogP contribution in [0.5, 0.6) is 0 Å². The van der Waals surface area contributed by atoms with Crippen molar-refractivity contribution >= 4 is 18.3 Å². The van der Waals surface area contributed by atoms with Crippen molar-refractivity contribution < 1.29 is 14.1 Å². The summed E-state index contributed by atoms with van der Waals surface area (Å²) < 4.78 is 9.86. The third-order valence-electron chi connectivity index (χ3n) is 2.71. The first-order chi connectivity index (χ1) is 8.29. The number of rotatable bonds is 4. The predicted molar refractivity (Wildman–Crippen MR) is 67.8 cm³/mol. The Labute approximate surface area is 112 Å². The van der Waals surface area contributed by atoms with E-state index in [4.69, 9.17) is 9.26 Å². The molecule has 1 atom stereocenters. The maximum Gasteiger partial charge on any atom is 0.273 e. The van der Waals surface area contributed by atoms with Crippen molar-refractivity contribution in [2.45, 2.75) is 25.5 Å². The van der Waals surface area contributed by atoms with Crippen molar-refractivity contribution in [2.24, 2.45) is 0 Å². The fraction of sp³-hybridized carbons (Fsp3) is 0.636. The quantitative estimate of drug-likeness (QED) is 0.847. The second-order valence-corrected chi connectivity index (χ2v) is 4.13. The number of halogens is 1. The Morgan fingerprint density at radius 3 is 3.22 bits per heavy atom. The second kappa shape index (κ2) is 7.35. The SMILES string of the molecule is COCc1cc(C(=O)N[C@H]2CCCNC2)no1.Cl. The number of hydrogen-bond acceptors (Lipinski definition) is 5. The minimum Gasteiger partial charge on any atom is -0.377 e. The Morgan fingerprint density at radius 1 is 1.72 bits per heavy atom. The molecular weight excluding hydrogens is 258 g/mol. The van der Waals surface area contributed by atoms with Gasteiger partial charge in [-0.15, -0.1) is 12.4 Å². The lowest BCUT2D eigenvalue weighted by Crippen LogP contribution is -2.45. The predicted octanol–water partition coefficient (Wildman–Crippen LogP) is 0.725. The van der Waals surface area contributed by atoms with Gasteiger partial charge in [0, 0.05) is 25.8 Å². The van der Waals surface area contributed by atoms with Crippen LogP contribution in [0.4, 0.5) is 0 Å². The van der Waals surface area contributed by atoms with Crippen LogP contribution in [0.2, 0.25) is 0 Å². The van der Waals surface area contributed by atoms with E-state index in [0.717, 1.165) is 25.9 Å². The molecule has 102 valence electrons. The Morgan fingerprint density at radius 2 is 2.56 bits per heavy atom. The average molecular weight is 276 g/mol. The van der Waals surface area contributed by atoms with E-state index < -0.39 is 0 Å².